The lowest BCUT2D eigenvalue weighted by Gasteiger charge is -2.38. The van der Waals surface area contributed by atoms with Crippen LogP contribution < -0.4 is 5.32 Å². The van der Waals surface area contributed by atoms with E-state index in [9.17, 15) is 9.59 Å². The van der Waals surface area contributed by atoms with Crippen LogP contribution in [0.15, 0.2) is 0 Å². The summed E-state index contributed by atoms with van der Waals surface area (Å²) in [6.45, 7) is 4.52. The van der Waals surface area contributed by atoms with Gasteiger partial charge in [0, 0.05) is 6.54 Å². The molecule has 2 rings (SSSR count). The molecule has 1 aliphatic heterocycles. The predicted molar refractivity (Wildman–Crippen MR) is 70.0 cm³/mol. The van der Waals surface area contributed by atoms with Crippen molar-refractivity contribution in [3.8, 4) is 0 Å². The summed E-state index contributed by atoms with van der Waals surface area (Å²) in [6, 6.07) is 0. The molecule has 0 bridgehead atoms. The molecule has 0 atom stereocenters. The van der Waals surface area contributed by atoms with Crippen molar-refractivity contribution in [2.24, 2.45) is 5.92 Å². The van der Waals surface area contributed by atoms with Crippen molar-refractivity contribution in [3.05, 3.63) is 0 Å². The Bertz CT molecular complexity index is 333. The minimum atomic E-state index is -0.734. The molecule has 4 nitrogen and oxygen atoms in total. The molecule has 1 saturated carbocycles. The molecule has 1 N–H and O–H groups in total. The molecular formula is C14H24N2O2. The van der Waals surface area contributed by atoms with Crippen molar-refractivity contribution in [1.29, 1.82) is 0 Å². The Kier molecular flexibility index (Phi) is 3.93. The summed E-state index contributed by atoms with van der Waals surface area (Å²) in [4.78, 5) is 25.5. The van der Waals surface area contributed by atoms with Gasteiger partial charge in [0.25, 0.3) is 0 Å². The van der Waals surface area contributed by atoms with Gasteiger partial charge in [0.1, 0.15) is 5.54 Å². The van der Waals surface area contributed by atoms with E-state index in [2.05, 4.69) is 5.32 Å². The highest BCUT2D eigenvalue weighted by atomic mass is 16.2. The van der Waals surface area contributed by atoms with Crippen molar-refractivity contribution < 1.29 is 9.59 Å². The number of nitrogens with zero attached hydrogens (tertiary/aromatic N) is 1. The minimum Gasteiger partial charge on any atom is -0.341 e. The zero-order chi connectivity index (χ0) is 13.2. The van der Waals surface area contributed by atoms with Gasteiger partial charge >= 0.3 is 0 Å². The van der Waals surface area contributed by atoms with Crippen LogP contribution in [0, 0.1) is 5.92 Å². The third-order valence-corrected chi connectivity index (χ3v) is 4.14. The summed E-state index contributed by atoms with van der Waals surface area (Å²) in [7, 11) is 0. The fraction of sp³-hybridized carbons (Fsp3) is 0.857. The van der Waals surface area contributed by atoms with E-state index in [1.807, 2.05) is 0 Å². The normalized spacial score (nSPS) is 25.1. The van der Waals surface area contributed by atoms with Gasteiger partial charge in [-0.1, -0.05) is 32.1 Å². The molecule has 0 unspecified atom stereocenters. The highest BCUT2D eigenvalue weighted by Gasteiger charge is 2.38. The molecule has 102 valence electrons. The van der Waals surface area contributed by atoms with E-state index in [4.69, 9.17) is 0 Å². The molecule has 0 aromatic carbocycles. The number of hydrogen-bond acceptors (Lipinski definition) is 2. The zero-order valence-electron chi connectivity index (χ0n) is 11.5. The largest absolute Gasteiger partial charge is 0.341 e. The fourth-order valence-corrected chi connectivity index (χ4v) is 3.08. The SMILES string of the molecule is CC1(C)NC(=O)CN(CCC2CCCCC2)C1=O. The van der Waals surface area contributed by atoms with Crippen LogP contribution in [0.1, 0.15) is 52.4 Å². The Morgan fingerprint density at radius 1 is 1.22 bits per heavy atom. The molecule has 1 aliphatic carbocycles. The number of amides is 2. The number of rotatable bonds is 3. The summed E-state index contributed by atoms with van der Waals surface area (Å²) in [5, 5.41) is 2.74. The molecule has 1 saturated heterocycles. The Morgan fingerprint density at radius 2 is 1.89 bits per heavy atom. The van der Waals surface area contributed by atoms with Gasteiger partial charge < -0.3 is 10.2 Å². The average molecular weight is 252 g/mol. The van der Waals surface area contributed by atoms with Crippen molar-refractivity contribution in [3.63, 3.8) is 0 Å². The van der Waals surface area contributed by atoms with Crippen LogP contribution in [-0.2, 0) is 9.59 Å². The van der Waals surface area contributed by atoms with Gasteiger partial charge in [-0.05, 0) is 26.2 Å². The van der Waals surface area contributed by atoms with Crippen molar-refractivity contribution >= 4 is 11.8 Å². The summed E-state index contributed by atoms with van der Waals surface area (Å²) in [6.07, 6.45) is 7.63. The lowest BCUT2D eigenvalue weighted by molar-refractivity contribution is -0.148. The Labute approximate surface area is 109 Å². The van der Waals surface area contributed by atoms with Gasteiger partial charge in [-0.2, -0.15) is 0 Å². The Balaban J connectivity index is 1.87. The second kappa shape index (κ2) is 5.29. The first kappa shape index (κ1) is 13.4. The number of nitrogens with one attached hydrogen (secondary N) is 1. The topological polar surface area (TPSA) is 49.4 Å². The van der Waals surface area contributed by atoms with Gasteiger partial charge in [0.15, 0.2) is 0 Å². The highest BCUT2D eigenvalue weighted by molar-refractivity contribution is 5.97. The first-order chi connectivity index (χ1) is 8.49. The van der Waals surface area contributed by atoms with Crippen LogP contribution in [0.3, 0.4) is 0 Å². The summed E-state index contributed by atoms with van der Waals surface area (Å²) in [5.74, 6) is 0.765. The molecule has 2 fully saturated rings. The molecular weight excluding hydrogens is 228 g/mol. The number of carbonyl (C=O) groups excluding carboxylic acids is 2. The van der Waals surface area contributed by atoms with E-state index in [-0.39, 0.29) is 18.4 Å². The molecule has 0 aromatic heterocycles. The standard InChI is InChI=1S/C14H24N2O2/c1-14(2)13(18)16(10-12(17)15-14)9-8-11-6-4-3-5-7-11/h11H,3-10H2,1-2H3,(H,15,17). The van der Waals surface area contributed by atoms with Crippen LogP contribution >= 0.6 is 0 Å². The molecule has 4 heteroatoms. The maximum atomic E-state index is 12.2. The Hall–Kier alpha value is -1.06. The summed E-state index contributed by atoms with van der Waals surface area (Å²) < 4.78 is 0. The summed E-state index contributed by atoms with van der Waals surface area (Å²) in [5.41, 5.74) is -0.734. The molecule has 0 spiro atoms. The lowest BCUT2D eigenvalue weighted by Crippen LogP contribution is -2.63. The van der Waals surface area contributed by atoms with Crippen LogP contribution in [0.4, 0.5) is 0 Å². The number of piperazine rings is 1. The van der Waals surface area contributed by atoms with Crippen molar-refractivity contribution in [1.82, 2.24) is 10.2 Å². The molecule has 0 aromatic rings. The molecule has 2 aliphatic rings. The van der Waals surface area contributed by atoms with Gasteiger partial charge in [-0.3, -0.25) is 9.59 Å². The summed E-state index contributed by atoms with van der Waals surface area (Å²) >= 11 is 0. The van der Waals surface area contributed by atoms with E-state index < -0.39 is 5.54 Å². The first-order valence-corrected chi connectivity index (χ1v) is 7.09. The average Bonchev–Trinajstić information content (AvgIpc) is 2.33. The second-order valence-electron chi connectivity index (χ2n) is 6.19. The van der Waals surface area contributed by atoms with E-state index >= 15 is 0 Å². The maximum absolute atomic E-state index is 12.2. The molecule has 0 radical (unpaired) electrons. The Morgan fingerprint density at radius 3 is 2.56 bits per heavy atom. The third-order valence-electron chi connectivity index (χ3n) is 4.14. The second-order valence-corrected chi connectivity index (χ2v) is 6.19. The van der Waals surface area contributed by atoms with E-state index in [1.54, 1.807) is 18.7 Å². The smallest absolute Gasteiger partial charge is 0.248 e. The lowest BCUT2D eigenvalue weighted by atomic mass is 9.86. The maximum Gasteiger partial charge on any atom is 0.248 e. The third kappa shape index (κ3) is 3.03. The van der Waals surface area contributed by atoms with Crippen LogP contribution in [0.25, 0.3) is 0 Å². The van der Waals surface area contributed by atoms with Gasteiger partial charge in [-0.25, -0.2) is 0 Å². The van der Waals surface area contributed by atoms with Crippen LogP contribution in [0.5, 0.6) is 0 Å². The van der Waals surface area contributed by atoms with E-state index in [1.165, 1.54) is 32.1 Å². The number of carbonyl (C=O) groups is 2. The zero-order valence-corrected chi connectivity index (χ0v) is 11.5. The monoisotopic (exact) mass is 252 g/mol. The van der Waals surface area contributed by atoms with E-state index in [0.717, 1.165) is 18.9 Å². The molecule has 18 heavy (non-hydrogen) atoms. The number of hydrogen-bond donors (Lipinski definition) is 1. The van der Waals surface area contributed by atoms with Gasteiger partial charge in [0.2, 0.25) is 11.8 Å². The quantitative estimate of drug-likeness (QED) is 0.831. The fourth-order valence-electron chi connectivity index (χ4n) is 3.08. The molecule has 1 heterocycles. The van der Waals surface area contributed by atoms with Gasteiger partial charge in [0.05, 0.1) is 6.54 Å². The predicted octanol–water partition coefficient (Wildman–Crippen LogP) is 1.69. The highest BCUT2D eigenvalue weighted by Crippen LogP contribution is 2.27. The van der Waals surface area contributed by atoms with Crippen LogP contribution in [-0.4, -0.2) is 35.3 Å². The van der Waals surface area contributed by atoms with Crippen LogP contribution in [0.2, 0.25) is 0 Å². The van der Waals surface area contributed by atoms with Crippen molar-refractivity contribution in [2.45, 2.75) is 57.9 Å². The molecule has 2 amide bonds. The minimum absolute atomic E-state index is 0.0387. The van der Waals surface area contributed by atoms with E-state index in [0.29, 0.717) is 0 Å². The van der Waals surface area contributed by atoms with Crippen molar-refractivity contribution in [2.75, 3.05) is 13.1 Å². The van der Waals surface area contributed by atoms with Gasteiger partial charge in [-0.15, -0.1) is 0 Å². The first-order valence-electron chi connectivity index (χ1n) is 7.09.